The van der Waals surface area contributed by atoms with Gasteiger partial charge < -0.3 is 21.5 Å². The second-order valence-corrected chi connectivity index (χ2v) is 6.54. The molecule has 1 fully saturated rings. The zero-order valence-electron chi connectivity index (χ0n) is 13.9. The van der Waals surface area contributed by atoms with E-state index in [-0.39, 0.29) is 5.75 Å². The molecule has 0 aliphatic heterocycles. The molecule has 0 spiro atoms. The number of phenols is 1. The number of aromatic hydroxyl groups is 1. The van der Waals surface area contributed by atoms with Crippen molar-refractivity contribution in [2.24, 2.45) is 5.73 Å². The summed E-state index contributed by atoms with van der Waals surface area (Å²) in [4.78, 5) is 4.35. The van der Waals surface area contributed by atoms with Crippen molar-refractivity contribution in [3.8, 4) is 5.75 Å². The zero-order chi connectivity index (χ0) is 17.2. The topological polar surface area (TPSA) is 100 Å². The number of imidazole rings is 1. The molecule has 0 bridgehead atoms. The predicted octanol–water partition coefficient (Wildman–Crippen LogP) is 2.86. The van der Waals surface area contributed by atoms with Crippen LogP contribution in [0.25, 0.3) is 5.65 Å². The van der Waals surface area contributed by atoms with Gasteiger partial charge in [-0.3, -0.25) is 0 Å². The normalized spacial score (nSPS) is 20.5. The Labute approximate surface area is 145 Å². The second-order valence-electron chi connectivity index (χ2n) is 6.54. The largest absolute Gasteiger partial charge is 0.506 e. The van der Waals surface area contributed by atoms with Crippen LogP contribution in [0.3, 0.4) is 0 Å². The molecule has 1 aliphatic carbocycles. The molecule has 5 N–H and O–H groups in total. The maximum atomic E-state index is 10.0. The summed E-state index contributed by atoms with van der Waals surface area (Å²) >= 11 is 0. The summed E-state index contributed by atoms with van der Waals surface area (Å²) in [5.74, 6) is 0.976. The first kappa shape index (κ1) is 15.7. The first-order valence-corrected chi connectivity index (χ1v) is 8.60. The van der Waals surface area contributed by atoms with Crippen molar-refractivity contribution in [3.05, 3.63) is 42.7 Å². The maximum Gasteiger partial charge on any atom is 0.177 e. The van der Waals surface area contributed by atoms with E-state index >= 15 is 0 Å². The van der Waals surface area contributed by atoms with Crippen LogP contribution in [0, 0.1) is 0 Å². The summed E-state index contributed by atoms with van der Waals surface area (Å²) in [6, 6.07) is 9.77. The van der Waals surface area contributed by atoms with Gasteiger partial charge in [-0.2, -0.15) is 0 Å². The Morgan fingerprint density at radius 2 is 1.92 bits per heavy atom. The Bertz CT molecular complexity index is 869. The molecule has 7 heteroatoms. The Morgan fingerprint density at radius 1 is 1.12 bits per heavy atom. The molecule has 130 valence electrons. The number of nitrogens with zero attached hydrogens (tertiary/aromatic N) is 3. The van der Waals surface area contributed by atoms with Gasteiger partial charge in [-0.15, -0.1) is 5.10 Å². The fourth-order valence-electron chi connectivity index (χ4n) is 3.28. The van der Waals surface area contributed by atoms with Crippen molar-refractivity contribution in [2.75, 3.05) is 10.6 Å². The number of hydrogen-bond donors (Lipinski definition) is 4. The van der Waals surface area contributed by atoms with Gasteiger partial charge >= 0.3 is 0 Å². The Balaban J connectivity index is 1.62. The summed E-state index contributed by atoms with van der Waals surface area (Å²) in [5, 5.41) is 21.4. The summed E-state index contributed by atoms with van der Waals surface area (Å²) in [7, 11) is 0. The minimum absolute atomic E-state index is 0.194. The molecule has 2 heterocycles. The fourth-order valence-corrected chi connectivity index (χ4v) is 3.28. The van der Waals surface area contributed by atoms with E-state index in [1.807, 2.05) is 24.4 Å². The number of fused-ring (bicyclic) bond motifs is 1. The van der Waals surface area contributed by atoms with E-state index in [1.54, 1.807) is 22.8 Å². The molecule has 0 atom stereocenters. The monoisotopic (exact) mass is 338 g/mol. The lowest BCUT2D eigenvalue weighted by Crippen LogP contribution is -2.33. The van der Waals surface area contributed by atoms with Crippen LogP contribution < -0.4 is 16.4 Å². The molecular weight excluding hydrogens is 316 g/mol. The Hall–Kier alpha value is -2.80. The second kappa shape index (κ2) is 6.60. The average molecular weight is 338 g/mol. The number of anilines is 3. The van der Waals surface area contributed by atoms with Crippen molar-refractivity contribution in [1.29, 1.82) is 0 Å². The van der Waals surface area contributed by atoms with Gasteiger partial charge in [0.15, 0.2) is 5.65 Å². The smallest absolute Gasteiger partial charge is 0.177 e. The molecular formula is C18H22N6O. The van der Waals surface area contributed by atoms with Gasteiger partial charge in [0, 0.05) is 30.5 Å². The van der Waals surface area contributed by atoms with Crippen molar-refractivity contribution < 1.29 is 5.11 Å². The SMILES string of the molecule is N[C@H]1CC[C@H](Nc2cc(Nc3ccccc3O)c3nccn3n2)CC1. The molecule has 1 aliphatic rings. The minimum atomic E-state index is 0.194. The summed E-state index contributed by atoms with van der Waals surface area (Å²) in [5.41, 5.74) is 8.11. The van der Waals surface area contributed by atoms with Crippen LogP contribution in [0.5, 0.6) is 5.75 Å². The van der Waals surface area contributed by atoms with E-state index in [0.717, 1.165) is 37.2 Å². The Morgan fingerprint density at radius 3 is 2.72 bits per heavy atom. The summed E-state index contributed by atoms with van der Waals surface area (Å²) in [6.45, 7) is 0. The first-order chi connectivity index (χ1) is 12.2. The van der Waals surface area contributed by atoms with Crippen LogP contribution >= 0.6 is 0 Å². The van der Waals surface area contributed by atoms with Crippen LogP contribution in [-0.4, -0.2) is 31.8 Å². The molecule has 0 amide bonds. The molecule has 1 saturated carbocycles. The van der Waals surface area contributed by atoms with Crippen molar-refractivity contribution in [3.63, 3.8) is 0 Å². The molecule has 7 nitrogen and oxygen atoms in total. The van der Waals surface area contributed by atoms with E-state index in [2.05, 4.69) is 20.7 Å². The highest BCUT2D eigenvalue weighted by atomic mass is 16.3. The minimum Gasteiger partial charge on any atom is -0.506 e. The van der Waals surface area contributed by atoms with Gasteiger partial charge in [-0.1, -0.05) is 12.1 Å². The third-order valence-electron chi connectivity index (χ3n) is 4.66. The van der Waals surface area contributed by atoms with Gasteiger partial charge in [0.25, 0.3) is 0 Å². The molecule has 1 aromatic carbocycles. The molecule has 2 aromatic heterocycles. The van der Waals surface area contributed by atoms with Gasteiger partial charge in [0.1, 0.15) is 11.6 Å². The highest BCUT2D eigenvalue weighted by molar-refractivity contribution is 5.77. The zero-order valence-corrected chi connectivity index (χ0v) is 13.9. The lowest BCUT2D eigenvalue weighted by molar-refractivity contribution is 0.410. The maximum absolute atomic E-state index is 10.0. The summed E-state index contributed by atoms with van der Waals surface area (Å²) in [6.07, 6.45) is 7.69. The molecule has 0 radical (unpaired) electrons. The van der Waals surface area contributed by atoms with E-state index < -0.39 is 0 Å². The van der Waals surface area contributed by atoms with E-state index in [4.69, 9.17) is 5.73 Å². The lowest BCUT2D eigenvalue weighted by atomic mass is 9.92. The van der Waals surface area contributed by atoms with Crippen molar-refractivity contribution >= 4 is 22.8 Å². The van der Waals surface area contributed by atoms with Gasteiger partial charge in [0.2, 0.25) is 0 Å². The van der Waals surface area contributed by atoms with Gasteiger partial charge in [-0.25, -0.2) is 9.50 Å². The molecule has 0 unspecified atom stereocenters. The number of aromatic nitrogens is 3. The van der Waals surface area contributed by atoms with Gasteiger partial charge in [-0.05, 0) is 37.8 Å². The number of para-hydroxylation sites is 2. The first-order valence-electron chi connectivity index (χ1n) is 8.60. The van der Waals surface area contributed by atoms with Crippen molar-refractivity contribution in [2.45, 2.75) is 37.8 Å². The quantitative estimate of drug-likeness (QED) is 0.546. The Kier molecular flexibility index (Phi) is 4.15. The lowest BCUT2D eigenvalue weighted by Gasteiger charge is -2.27. The van der Waals surface area contributed by atoms with E-state index in [0.29, 0.717) is 23.4 Å². The predicted molar refractivity (Wildman–Crippen MR) is 98.2 cm³/mol. The average Bonchev–Trinajstić information content (AvgIpc) is 3.08. The van der Waals surface area contributed by atoms with E-state index in [1.165, 1.54) is 0 Å². The molecule has 25 heavy (non-hydrogen) atoms. The van der Waals surface area contributed by atoms with Crippen LogP contribution in [0.15, 0.2) is 42.7 Å². The summed E-state index contributed by atoms with van der Waals surface area (Å²) < 4.78 is 1.74. The van der Waals surface area contributed by atoms with Crippen LogP contribution in [0.1, 0.15) is 25.7 Å². The van der Waals surface area contributed by atoms with E-state index in [9.17, 15) is 5.11 Å². The number of nitrogens with two attached hydrogens (primary N) is 1. The number of nitrogens with one attached hydrogen (secondary N) is 2. The van der Waals surface area contributed by atoms with Crippen LogP contribution in [-0.2, 0) is 0 Å². The number of hydrogen-bond acceptors (Lipinski definition) is 6. The third kappa shape index (κ3) is 3.36. The van der Waals surface area contributed by atoms with Crippen LogP contribution in [0.2, 0.25) is 0 Å². The molecule has 0 saturated heterocycles. The number of phenolic OH excluding ortho intramolecular Hbond substituents is 1. The highest BCUT2D eigenvalue weighted by Crippen LogP contribution is 2.29. The number of rotatable bonds is 4. The fraction of sp³-hybridized carbons (Fsp3) is 0.333. The van der Waals surface area contributed by atoms with Crippen LogP contribution in [0.4, 0.5) is 17.2 Å². The molecule has 4 rings (SSSR count). The standard InChI is InChI=1S/C18H22N6O/c19-12-5-7-13(8-6-12)21-17-11-15(18-20-9-10-24(18)23-17)22-14-3-1-2-4-16(14)25/h1-4,9-13,22,25H,5-8,19H2,(H,21,23)/t12-,13-. The third-order valence-corrected chi connectivity index (χ3v) is 4.66. The van der Waals surface area contributed by atoms with Gasteiger partial charge in [0.05, 0.1) is 11.4 Å². The van der Waals surface area contributed by atoms with Crippen molar-refractivity contribution in [1.82, 2.24) is 14.6 Å². The molecule has 3 aromatic rings. The number of benzene rings is 1. The highest BCUT2D eigenvalue weighted by Gasteiger charge is 2.19.